The zero-order valence-electron chi connectivity index (χ0n) is 12.3. The van der Waals surface area contributed by atoms with Gasteiger partial charge in [-0.05, 0) is 25.1 Å². The fourth-order valence-electron chi connectivity index (χ4n) is 2.47. The average molecular weight is 294 g/mol. The number of likely N-dealkylation sites (N-methyl/N-ethyl adjacent to an activating group) is 1. The predicted octanol–water partition coefficient (Wildman–Crippen LogP) is 1.03. The molecule has 0 saturated carbocycles. The van der Waals surface area contributed by atoms with E-state index in [2.05, 4.69) is 0 Å². The highest BCUT2D eigenvalue weighted by Gasteiger charge is 2.22. The Hall–Kier alpha value is -1.79. The summed E-state index contributed by atoms with van der Waals surface area (Å²) in [6.07, 6.45) is -0.192. The van der Waals surface area contributed by atoms with Crippen molar-refractivity contribution in [2.24, 2.45) is 0 Å². The number of rotatable bonds is 6. The molecule has 0 saturated heterocycles. The summed E-state index contributed by atoms with van der Waals surface area (Å²) in [5, 5.41) is 17.9. The Kier molecular flexibility index (Phi) is 5.41. The van der Waals surface area contributed by atoms with Crippen LogP contribution < -0.4 is 4.74 Å². The van der Waals surface area contributed by atoms with Crippen LogP contribution in [0.2, 0.25) is 0 Å². The van der Waals surface area contributed by atoms with E-state index >= 15 is 0 Å². The molecule has 0 unspecified atom stereocenters. The van der Waals surface area contributed by atoms with E-state index in [1.165, 1.54) is 4.90 Å². The third-order valence-corrected chi connectivity index (χ3v) is 3.71. The first-order chi connectivity index (χ1) is 10.1. The van der Waals surface area contributed by atoms with Crippen LogP contribution in [-0.4, -0.2) is 66.0 Å². The first kappa shape index (κ1) is 15.6. The van der Waals surface area contributed by atoms with E-state index in [1.807, 2.05) is 30.1 Å². The summed E-state index contributed by atoms with van der Waals surface area (Å²) in [4.78, 5) is 14.4. The highest BCUT2D eigenvalue weighted by atomic mass is 16.5. The lowest BCUT2D eigenvalue weighted by atomic mass is 9.99. The molecule has 2 N–H and O–H groups in total. The molecule has 0 aromatic heterocycles. The van der Waals surface area contributed by atoms with Crippen molar-refractivity contribution < 1.29 is 19.7 Å². The van der Waals surface area contributed by atoms with E-state index in [0.717, 1.165) is 23.4 Å². The lowest BCUT2D eigenvalue weighted by Gasteiger charge is -2.28. The number of aliphatic hydroxyl groups is 1. The summed E-state index contributed by atoms with van der Waals surface area (Å²) >= 11 is 0. The third kappa shape index (κ3) is 4.09. The van der Waals surface area contributed by atoms with Gasteiger partial charge in [0.15, 0.2) is 0 Å². The standard InChI is InChI=1S/C15H22N2O4/c1-16(7-9-18)8-10-21-14-4-2-3-12-11-17(15(19)20)6-5-13(12)14/h2-4,18H,5-11H2,1H3,(H,19,20). The number of hydrogen-bond acceptors (Lipinski definition) is 4. The maximum atomic E-state index is 11.0. The molecule has 0 radical (unpaired) electrons. The van der Waals surface area contributed by atoms with Gasteiger partial charge in [-0.15, -0.1) is 0 Å². The maximum Gasteiger partial charge on any atom is 0.407 e. The second-order valence-corrected chi connectivity index (χ2v) is 5.22. The quantitative estimate of drug-likeness (QED) is 0.819. The summed E-state index contributed by atoms with van der Waals surface area (Å²) in [5.74, 6) is 0.843. The van der Waals surface area contributed by atoms with Gasteiger partial charge in [0.25, 0.3) is 0 Å². The molecule has 0 spiro atoms. The monoisotopic (exact) mass is 294 g/mol. The SMILES string of the molecule is CN(CCO)CCOc1cccc2c1CCN(C(=O)O)C2. The van der Waals surface area contributed by atoms with Crippen LogP contribution in [0, 0.1) is 0 Å². The Morgan fingerprint density at radius 1 is 1.43 bits per heavy atom. The summed E-state index contributed by atoms with van der Waals surface area (Å²) in [6, 6.07) is 5.79. The van der Waals surface area contributed by atoms with Gasteiger partial charge in [-0.2, -0.15) is 0 Å². The van der Waals surface area contributed by atoms with Crippen molar-refractivity contribution in [1.29, 1.82) is 0 Å². The van der Waals surface area contributed by atoms with Crippen LogP contribution >= 0.6 is 0 Å². The largest absolute Gasteiger partial charge is 0.492 e. The number of amides is 1. The number of benzene rings is 1. The van der Waals surface area contributed by atoms with Gasteiger partial charge in [0.2, 0.25) is 0 Å². The molecule has 1 amide bonds. The lowest BCUT2D eigenvalue weighted by Crippen LogP contribution is -2.35. The molecule has 6 nitrogen and oxygen atoms in total. The summed E-state index contributed by atoms with van der Waals surface area (Å²) < 4.78 is 5.83. The molecule has 1 aromatic carbocycles. The van der Waals surface area contributed by atoms with Crippen molar-refractivity contribution in [2.45, 2.75) is 13.0 Å². The van der Waals surface area contributed by atoms with E-state index in [1.54, 1.807) is 0 Å². The van der Waals surface area contributed by atoms with Gasteiger partial charge in [-0.3, -0.25) is 0 Å². The number of fused-ring (bicyclic) bond motifs is 1. The van der Waals surface area contributed by atoms with Crippen molar-refractivity contribution in [3.8, 4) is 5.75 Å². The van der Waals surface area contributed by atoms with Gasteiger partial charge in [0, 0.05) is 31.7 Å². The van der Waals surface area contributed by atoms with Crippen LogP contribution in [-0.2, 0) is 13.0 Å². The van der Waals surface area contributed by atoms with E-state index in [-0.39, 0.29) is 6.61 Å². The van der Waals surface area contributed by atoms with Gasteiger partial charge < -0.3 is 24.7 Å². The Bertz CT molecular complexity index is 493. The first-order valence-corrected chi connectivity index (χ1v) is 7.12. The summed E-state index contributed by atoms with van der Waals surface area (Å²) in [6.45, 7) is 2.99. The third-order valence-electron chi connectivity index (χ3n) is 3.71. The zero-order valence-corrected chi connectivity index (χ0v) is 12.3. The topological polar surface area (TPSA) is 73.2 Å². The van der Waals surface area contributed by atoms with Crippen LogP contribution in [0.1, 0.15) is 11.1 Å². The molecule has 2 rings (SSSR count). The molecule has 1 heterocycles. The highest BCUT2D eigenvalue weighted by molar-refractivity contribution is 5.65. The Morgan fingerprint density at radius 3 is 2.95 bits per heavy atom. The fourth-order valence-corrected chi connectivity index (χ4v) is 2.47. The van der Waals surface area contributed by atoms with Crippen molar-refractivity contribution in [3.63, 3.8) is 0 Å². The van der Waals surface area contributed by atoms with Crippen LogP contribution in [0.4, 0.5) is 4.79 Å². The number of carboxylic acid groups (broad SMARTS) is 1. The van der Waals surface area contributed by atoms with Crippen LogP contribution in [0.5, 0.6) is 5.75 Å². The van der Waals surface area contributed by atoms with Crippen molar-refractivity contribution in [1.82, 2.24) is 9.80 Å². The van der Waals surface area contributed by atoms with Crippen molar-refractivity contribution in [2.75, 3.05) is 39.9 Å². The van der Waals surface area contributed by atoms with Crippen molar-refractivity contribution >= 4 is 6.09 Å². The van der Waals surface area contributed by atoms with Gasteiger partial charge in [0.1, 0.15) is 12.4 Å². The minimum Gasteiger partial charge on any atom is -0.492 e. The van der Waals surface area contributed by atoms with E-state index in [4.69, 9.17) is 14.9 Å². The molecule has 1 aliphatic rings. The normalized spacial score (nSPS) is 14.1. The molecular formula is C15H22N2O4. The Morgan fingerprint density at radius 2 is 2.24 bits per heavy atom. The minimum atomic E-state index is -0.877. The molecule has 6 heteroatoms. The number of nitrogens with zero attached hydrogens (tertiary/aromatic N) is 2. The Labute approximate surface area is 124 Å². The van der Waals surface area contributed by atoms with E-state index in [9.17, 15) is 4.79 Å². The number of carbonyl (C=O) groups is 1. The smallest absolute Gasteiger partial charge is 0.407 e. The fraction of sp³-hybridized carbons (Fsp3) is 0.533. The maximum absolute atomic E-state index is 11.0. The van der Waals surface area contributed by atoms with E-state index in [0.29, 0.717) is 32.7 Å². The van der Waals surface area contributed by atoms with Gasteiger partial charge in [-0.25, -0.2) is 4.79 Å². The molecule has 0 atom stereocenters. The van der Waals surface area contributed by atoms with Gasteiger partial charge in [0.05, 0.1) is 6.61 Å². The second kappa shape index (κ2) is 7.28. The summed E-state index contributed by atoms with van der Waals surface area (Å²) in [7, 11) is 1.94. The molecule has 0 aliphatic carbocycles. The number of ether oxygens (including phenoxy) is 1. The van der Waals surface area contributed by atoms with Gasteiger partial charge >= 0.3 is 6.09 Å². The average Bonchev–Trinajstić information content (AvgIpc) is 2.47. The van der Waals surface area contributed by atoms with Crippen LogP contribution in [0.25, 0.3) is 0 Å². The predicted molar refractivity (Wildman–Crippen MR) is 78.7 cm³/mol. The van der Waals surface area contributed by atoms with E-state index < -0.39 is 6.09 Å². The highest BCUT2D eigenvalue weighted by Crippen LogP contribution is 2.28. The van der Waals surface area contributed by atoms with Gasteiger partial charge in [-0.1, -0.05) is 12.1 Å². The molecule has 116 valence electrons. The van der Waals surface area contributed by atoms with Crippen LogP contribution in [0.15, 0.2) is 18.2 Å². The number of aliphatic hydroxyl groups excluding tert-OH is 1. The summed E-state index contributed by atoms with van der Waals surface area (Å²) in [5.41, 5.74) is 2.13. The zero-order chi connectivity index (χ0) is 15.2. The Balaban J connectivity index is 1.96. The lowest BCUT2D eigenvalue weighted by molar-refractivity contribution is 0.139. The molecule has 1 aliphatic heterocycles. The van der Waals surface area contributed by atoms with Crippen LogP contribution in [0.3, 0.4) is 0 Å². The molecule has 21 heavy (non-hydrogen) atoms. The van der Waals surface area contributed by atoms with Crippen molar-refractivity contribution in [3.05, 3.63) is 29.3 Å². The number of hydrogen-bond donors (Lipinski definition) is 2. The minimum absolute atomic E-state index is 0.141. The molecule has 0 fully saturated rings. The molecular weight excluding hydrogens is 272 g/mol. The second-order valence-electron chi connectivity index (χ2n) is 5.22. The molecule has 1 aromatic rings. The molecule has 0 bridgehead atoms. The first-order valence-electron chi connectivity index (χ1n) is 7.12.